The summed E-state index contributed by atoms with van der Waals surface area (Å²) in [7, 11) is -3.55. The van der Waals surface area contributed by atoms with Gasteiger partial charge in [-0.15, -0.1) is 0 Å². The van der Waals surface area contributed by atoms with Crippen LogP contribution in [0.1, 0.15) is 11.1 Å². The maximum absolute atomic E-state index is 12.3. The highest BCUT2D eigenvalue weighted by atomic mass is 79.9. The number of sulfonamides is 1. The predicted octanol–water partition coefficient (Wildman–Crippen LogP) is 2.96. The number of fused-ring (bicyclic) bond motifs is 1. The van der Waals surface area contributed by atoms with Crippen molar-refractivity contribution in [3.63, 3.8) is 0 Å². The third-order valence-electron chi connectivity index (χ3n) is 3.34. The van der Waals surface area contributed by atoms with Crippen molar-refractivity contribution in [2.45, 2.75) is 18.4 Å². The monoisotopic (exact) mass is 383 g/mol. The largest absolute Gasteiger partial charge is 0.454 e. The molecule has 2 aromatic rings. The fourth-order valence-electron chi connectivity index (χ4n) is 2.10. The molecular weight excluding hydrogens is 370 g/mol. The molecule has 0 atom stereocenters. The van der Waals surface area contributed by atoms with E-state index in [9.17, 15) is 8.42 Å². The zero-order valence-electron chi connectivity index (χ0n) is 11.8. The highest BCUT2D eigenvalue weighted by Gasteiger charge is 2.17. The molecule has 0 aromatic heterocycles. The van der Waals surface area contributed by atoms with Crippen molar-refractivity contribution < 1.29 is 17.9 Å². The number of aryl methyl sites for hydroxylation is 1. The molecule has 0 saturated heterocycles. The van der Waals surface area contributed by atoms with Crippen LogP contribution >= 0.6 is 15.9 Å². The van der Waals surface area contributed by atoms with E-state index in [2.05, 4.69) is 20.7 Å². The van der Waals surface area contributed by atoms with E-state index in [1.807, 2.05) is 13.0 Å². The van der Waals surface area contributed by atoms with E-state index in [0.717, 1.165) is 15.6 Å². The van der Waals surface area contributed by atoms with Crippen molar-refractivity contribution in [3.8, 4) is 11.5 Å². The molecule has 0 radical (unpaired) electrons. The smallest absolute Gasteiger partial charge is 0.240 e. The molecule has 5 nitrogen and oxygen atoms in total. The number of halogens is 1. The van der Waals surface area contributed by atoms with Gasteiger partial charge in [0.05, 0.1) is 4.90 Å². The summed E-state index contributed by atoms with van der Waals surface area (Å²) >= 11 is 3.36. The van der Waals surface area contributed by atoms with Crippen LogP contribution in [0.2, 0.25) is 0 Å². The minimum atomic E-state index is -3.55. The van der Waals surface area contributed by atoms with E-state index in [4.69, 9.17) is 9.47 Å². The van der Waals surface area contributed by atoms with E-state index in [1.54, 1.807) is 30.3 Å². The Morgan fingerprint density at radius 1 is 1.14 bits per heavy atom. The molecule has 2 aromatic carbocycles. The maximum atomic E-state index is 12.3. The number of benzene rings is 2. The molecule has 22 heavy (non-hydrogen) atoms. The number of hydrogen-bond acceptors (Lipinski definition) is 4. The summed E-state index contributed by atoms with van der Waals surface area (Å²) in [5.41, 5.74) is 1.67. The summed E-state index contributed by atoms with van der Waals surface area (Å²) < 4.78 is 38.6. The average molecular weight is 384 g/mol. The van der Waals surface area contributed by atoms with Gasteiger partial charge in [-0.05, 0) is 48.4 Å². The van der Waals surface area contributed by atoms with Crippen LogP contribution in [-0.2, 0) is 16.6 Å². The molecule has 0 aliphatic carbocycles. The zero-order chi connectivity index (χ0) is 15.7. The van der Waals surface area contributed by atoms with Gasteiger partial charge in [-0.1, -0.05) is 22.0 Å². The fourth-order valence-corrected chi connectivity index (χ4v) is 3.45. The van der Waals surface area contributed by atoms with Crippen LogP contribution in [0.25, 0.3) is 0 Å². The van der Waals surface area contributed by atoms with Gasteiger partial charge in [0.25, 0.3) is 0 Å². The van der Waals surface area contributed by atoms with E-state index < -0.39 is 10.0 Å². The summed E-state index contributed by atoms with van der Waals surface area (Å²) in [5.74, 6) is 1.31. The molecule has 1 aliphatic rings. The second-order valence-corrected chi connectivity index (χ2v) is 7.54. The first kappa shape index (κ1) is 15.3. The van der Waals surface area contributed by atoms with Gasteiger partial charge in [0.2, 0.25) is 16.8 Å². The normalized spacial score (nSPS) is 13.4. The lowest BCUT2D eigenvalue weighted by Crippen LogP contribution is -2.23. The number of nitrogens with one attached hydrogen (secondary N) is 1. The zero-order valence-corrected chi connectivity index (χ0v) is 14.2. The van der Waals surface area contributed by atoms with E-state index in [-0.39, 0.29) is 18.2 Å². The third kappa shape index (κ3) is 3.11. The maximum Gasteiger partial charge on any atom is 0.240 e. The molecule has 0 amide bonds. The van der Waals surface area contributed by atoms with Crippen molar-refractivity contribution in [2.75, 3.05) is 6.79 Å². The van der Waals surface area contributed by atoms with Gasteiger partial charge < -0.3 is 9.47 Å². The highest BCUT2D eigenvalue weighted by Crippen LogP contribution is 2.32. The predicted molar refractivity (Wildman–Crippen MR) is 85.5 cm³/mol. The molecule has 0 bridgehead atoms. The highest BCUT2D eigenvalue weighted by molar-refractivity contribution is 9.10. The third-order valence-corrected chi connectivity index (χ3v) is 5.63. The Kier molecular flexibility index (Phi) is 4.12. The average Bonchev–Trinajstić information content (AvgIpc) is 2.95. The Labute approximate surface area is 137 Å². The van der Waals surface area contributed by atoms with Gasteiger partial charge in [0.15, 0.2) is 11.5 Å². The van der Waals surface area contributed by atoms with Gasteiger partial charge in [-0.3, -0.25) is 0 Å². The molecule has 0 fully saturated rings. The summed E-state index contributed by atoms with van der Waals surface area (Å²) in [6.45, 7) is 2.23. The molecule has 1 heterocycles. The Morgan fingerprint density at radius 2 is 1.91 bits per heavy atom. The van der Waals surface area contributed by atoms with Gasteiger partial charge in [-0.25, -0.2) is 13.1 Å². The first-order valence-electron chi connectivity index (χ1n) is 6.60. The van der Waals surface area contributed by atoms with E-state index in [1.165, 1.54) is 0 Å². The Morgan fingerprint density at radius 3 is 2.68 bits per heavy atom. The Bertz CT molecular complexity index is 820. The molecular formula is C15H14BrNO4S. The molecule has 3 rings (SSSR count). The van der Waals surface area contributed by atoms with Crippen LogP contribution in [-0.4, -0.2) is 15.2 Å². The molecule has 116 valence electrons. The van der Waals surface area contributed by atoms with E-state index in [0.29, 0.717) is 11.5 Å². The van der Waals surface area contributed by atoms with Crippen LogP contribution in [0.15, 0.2) is 45.8 Å². The summed E-state index contributed by atoms with van der Waals surface area (Å²) in [4.78, 5) is 0.244. The minimum Gasteiger partial charge on any atom is -0.454 e. The Balaban J connectivity index is 1.76. The lowest BCUT2D eigenvalue weighted by Gasteiger charge is -2.09. The van der Waals surface area contributed by atoms with Crippen LogP contribution in [0.3, 0.4) is 0 Å². The quantitative estimate of drug-likeness (QED) is 0.881. The molecule has 1 N–H and O–H groups in total. The van der Waals surface area contributed by atoms with Crippen LogP contribution in [0.5, 0.6) is 11.5 Å². The second-order valence-electron chi connectivity index (χ2n) is 4.92. The van der Waals surface area contributed by atoms with Crippen molar-refractivity contribution in [1.82, 2.24) is 4.72 Å². The molecule has 7 heteroatoms. The SMILES string of the molecule is Cc1cc(S(=O)(=O)NCc2ccc3c(c2)OCO3)ccc1Br. The van der Waals surface area contributed by atoms with Crippen molar-refractivity contribution in [3.05, 3.63) is 52.0 Å². The Hall–Kier alpha value is -1.57. The van der Waals surface area contributed by atoms with Gasteiger partial charge in [0, 0.05) is 11.0 Å². The van der Waals surface area contributed by atoms with Gasteiger partial charge in [0.1, 0.15) is 0 Å². The topological polar surface area (TPSA) is 64.6 Å². The molecule has 0 unspecified atom stereocenters. The van der Waals surface area contributed by atoms with Gasteiger partial charge in [-0.2, -0.15) is 0 Å². The van der Waals surface area contributed by atoms with Crippen LogP contribution in [0.4, 0.5) is 0 Å². The lowest BCUT2D eigenvalue weighted by molar-refractivity contribution is 0.174. The second kappa shape index (κ2) is 5.91. The van der Waals surface area contributed by atoms with Crippen LogP contribution < -0.4 is 14.2 Å². The number of ether oxygens (including phenoxy) is 2. The molecule has 1 aliphatic heterocycles. The minimum absolute atomic E-state index is 0.189. The first-order valence-corrected chi connectivity index (χ1v) is 8.88. The summed E-state index contributed by atoms with van der Waals surface area (Å²) in [5, 5.41) is 0. The molecule has 0 spiro atoms. The fraction of sp³-hybridized carbons (Fsp3) is 0.200. The lowest BCUT2D eigenvalue weighted by atomic mass is 10.2. The summed E-state index contributed by atoms with van der Waals surface area (Å²) in [6, 6.07) is 10.3. The van der Waals surface area contributed by atoms with Crippen molar-refractivity contribution in [2.24, 2.45) is 0 Å². The number of rotatable bonds is 4. The summed E-state index contributed by atoms with van der Waals surface area (Å²) in [6.07, 6.45) is 0. The molecule has 0 saturated carbocycles. The van der Waals surface area contributed by atoms with E-state index >= 15 is 0 Å². The van der Waals surface area contributed by atoms with Crippen molar-refractivity contribution >= 4 is 26.0 Å². The van der Waals surface area contributed by atoms with Crippen LogP contribution in [0, 0.1) is 6.92 Å². The first-order chi connectivity index (χ1) is 10.5. The standard InChI is InChI=1S/C15H14BrNO4S/c1-10-6-12(3-4-13(10)16)22(18,19)17-8-11-2-5-14-15(7-11)21-9-20-14/h2-7,17H,8-9H2,1H3. The van der Waals surface area contributed by atoms with Gasteiger partial charge >= 0.3 is 0 Å². The number of hydrogen-bond donors (Lipinski definition) is 1. The van der Waals surface area contributed by atoms with Crippen molar-refractivity contribution in [1.29, 1.82) is 0 Å².